The summed E-state index contributed by atoms with van der Waals surface area (Å²) in [5, 5.41) is 8.82. The minimum Gasteiger partial charge on any atom is -0.493 e. The molecule has 1 aliphatic rings. The molecule has 1 atom stereocenters. The molecule has 152 valence electrons. The third kappa shape index (κ3) is 6.33. The van der Waals surface area contributed by atoms with Crippen molar-refractivity contribution in [2.75, 3.05) is 25.4 Å². The zero-order valence-corrected chi connectivity index (χ0v) is 17.0. The van der Waals surface area contributed by atoms with Gasteiger partial charge in [0.1, 0.15) is 11.5 Å². The van der Waals surface area contributed by atoms with E-state index in [-0.39, 0.29) is 17.6 Å². The molecular weight excluding hydrogens is 388 g/mol. The highest BCUT2D eigenvalue weighted by molar-refractivity contribution is 7.91. The molecule has 0 radical (unpaired) electrons. The fourth-order valence-electron chi connectivity index (χ4n) is 3.42. The van der Waals surface area contributed by atoms with E-state index in [4.69, 9.17) is 10.00 Å². The molecule has 1 amide bonds. The SMILES string of the molecule is N#Cc1ccc(CS(=O)(=O)CC(=O)N2CCCC(COc3ccccc3)C2)cc1. The number of carbonyl (C=O) groups is 1. The molecule has 0 aromatic heterocycles. The van der Waals surface area contributed by atoms with Crippen molar-refractivity contribution in [3.05, 3.63) is 65.7 Å². The molecule has 1 aliphatic heterocycles. The van der Waals surface area contributed by atoms with Crippen LogP contribution in [0.25, 0.3) is 0 Å². The fourth-order valence-corrected chi connectivity index (χ4v) is 4.78. The molecule has 0 bridgehead atoms. The van der Waals surface area contributed by atoms with Crippen molar-refractivity contribution < 1.29 is 17.9 Å². The lowest BCUT2D eigenvalue weighted by atomic mass is 9.99. The zero-order chi connectivity index (χ0) is 20.7. The largest absolute Gasteiger partial charge is 0.493 e. The maximum atomic E-state index is 12.6. The molecule has 2 aromatic rings. The Morgan fingerprint density at radius 2 is 1.86 bits per heavy atom. The predicted octanol–water partition coefficient (Wildman–Crippen LogP) is 2.79. The van der Waals surface area contributed by atoms with Gasteiger partial charge in [0.25, 0.3) is 0 Å². The Morgan fingerprint density at radius 1 is 1.14 bits per heavy atom. The van der Waals surface area contributed by atoms with Gasteiger partial charge in [-0.2, -0.15) is 5.26 Å². The van der Waals surface area contributed by atoms with Crippen LogP contribution in [0.3, 0.4) is 0 Å². The van der Waals surface area contributed by atoms with Crippen LogP contribution in [0.5, 0.6) is 5.75 Å². The number of nitriles is 1. The van der Waals surface area contributed by atoms with Gasteiger partial charge in [-0.15, -0.1) is 0 Å². The van der Waals surface area contributed by atoms with E-state index in [2.05, 4.69) is 0 Å². The number of nitrogens with zero attached hydrogens (tertiary/aromatic N) is 2. The number of hydrogen-bond donors (Lipinski definition) is 0. The first-order valence-corrected chi connectivity index (χ1v) is 11.4. The molecule has 0 saturated carbocycles. The van der Waals surface area contributed by atoms with Crippen molar-refractivity contribution in [2.24, 2.45) is 5.92 Å². The van der Waals surface area contributed by atoms with Crippen LogP contribution in [0.1, 0.15) is 24.0 Å². The quantitative estimate of drug-likeness (QED) is 0.698. The number of carbonyl (C=O) groups excluding carboxylic acids is 1. The monoisotopic (exact) mass is 412 g/mol. The molecule has 0 spiro atoms. The number of para-hydroxylation sites is 1. The molecule has 2 aromatic carbocycles. The summed E-state index contributed by atoms with van der Waals surface area (Å²) in [6.07, 6.45) is 1.79. The minimum absolute atomic E-state index is 0.189. The Morgan fingerprint density at radius 3 is 2.55 bits per heavy atom. The maximum absolute atomic E-state index is 12.6. The summed E-state index contributed by atoms with van der Waals surface area (Å²) in [6, 6.07) is 17.9. The lowest BCUT2D eigenvalue weighted by molar-refractivity contribution is -0.130. The molecule has 0 aliphatic carbocycles. The topological polar surface area (TPSA) is 87.5 Å². The predicted molar refractivity (Wildman–Crippen MR) is 110 cm³/mol. The molecule has 7 heteroatoms. The first-order chi connectivity index (χ1) is 13.9. The van der Waals surface area contributed by atoms with Crippen LogP contribution < -0.4 is 4.74 Å². The Bertz CT molecular complexity index is 966. The third-order valence-corrected chi connectivity index (χ3v) is 6.37. The van der Waals surface area contributed by atoms with Crippen molar-refractivity contribution in [3.63, 3.8) is 0 Å². The first-order valence-electron chi connectivity index (χ1n) is 9.60. The van der Waals surface area contributed by atoms with Crippen LogP contribution in [0.15, 0.2) is 54.6 Å². The van der Waals surface area contributed by atoms with Crippen molar-refractivity contribution in [1.82, 2.24) is 4.90 Å². The second-order valence-corrected chi connectivity index (χ2v) is 9.38. The highest BCUT2D eigenvalue weighted by Gasteiger charge is 2.27. The van der Waals surface area contributed by atoms with Gasteiger partial charge in [0.05, 0.1) is 24.0 Å². The van der Waals surface area contributed by atoms with Gasteiger partial charge in [-0.1, -0.05) is 30.3 Å². The van der Waals surface area contributed by atoms with E-state index in [0.717, 1.165) is 18.6 Å². The van der Waals surface area contributed by atoms with Gasteiger partial charge in [-0.25, -0.2) is 8.42 Å². The van der Waals surface area contributed by atoms with E-state index in [9.17, 15) is 13.2 Å². The normalized spacial score (nSPS) is 16.8. The van der Waals surface area contributed by atoms with Gasteiger partial charge in [0.2, 0.25) is 5.91 Å². The Balaban J connectivity index is 1.52. The Hall–Kier alpha value is -2.85. The van der Waals surface area contributed by atoms with Crippen molar-refractivity contribution in [1.29, 1.82) is 5.26 Å². The van der Waals surface area contributed by atoms with Gasteiger partial charge in [-0.3, -0.25) is 4.79 Å². The average Bonchev–Trinajstić information content (AvgIpc) is 2.73. The summed E-state index contributed by atoms with van der Waals surface area (Å²) in [7, 11) is -3.58. The number of likely N-dealkylation sites (tertiary alicyclic amines) is 1. The molecule has 6 nitrogen and oxygen atoms in total. The molecule has 29 heavy (non-hydrogen) atoms. The molecule has 1 saturated heterocycles. The second kappa shape index (κ2) is 9.57. The highest BCUT2D eigenvalue weighted by atomic mass is 32.2. The second-order valence-electron chi connectivity index (χ2n) is 7.31. The first kappa shape index (κ1) is 20.9. The van der Waals surface area contributed by atoms with Gasteiger partial charge in [0, 0.05) is 19.0 Å². The Labute approximate surface area is 171 Å². The van der Waals surface area contributed by atoms with E-state index in [1.807, 2.05) is 36.4 Å². The number of benzene rings is 2. The van der Waals surface area contributed by atoms with E-state index >= 15 is 0 Å². The lowest BCUT2D eigenvalue weighted by Gasteiger charge is -2.32. The van der Waals surface area contributed by atoms with E-state index < -0.39 is 15.6 Å². The minimum atomic E-state index is -3.58. The summed E-state index contributed by atoms with van der Waals surface area (Å²) in [4.78, 5) is 14.2. The highest BCUT2D eigenvalue weighted by Crippen LogP contribution is 2.19. The number of hydrogen-bond acceptors (Lipinski definition) is 5. The van der Waals surface area contributed by atoms with Crippen LogP contribution in [0.2, 0.25) is 0 Å². The summed E-state index contributed by atoms with van der Waals surface area (Å²) in [5.41, 5.74) is 1.05. The van der Waals surface area contributed by atoms with Crippen molar-refractivity contribution in [3.8, 4) is 11.8 Å². The van der Waals surface area contributed by atoms with E-state index in [0.29, 0.717) is 30.8 Å². The number of amides is 1. The zero-order valence-electron chi connectivity index (χ0n) is 16.2. The molecular formula is C22H24N2O4S. The summed E-state index contributed by atoms with van der Waals surface area (Å²) in [6.45, 7) is 1.59. The summed E-state index contributed by atoms with van der Waals surface area (Å²) in [5.74, 6) is -0.0869. The van der Waals surface area contributed by atoms with Crippen LogP contribution in [-0.4, -0.2) is 44.7 Å². The molecule has 3 rings (SSSR count). The van der Waals surface area contributed by atoms with Gasteiger partial charge >= 0.3 is 0 Å². The standard InChI is InChI=1S/C22H24N2O4S/c23-13-18-8-10-19(11-9-18)16-29(26,27)17-22(25)24-12-4-5-20(14-24)15-28-21-6-2-1-3-7-21/h1-3,6-11,20H,4-5,12,14-17H2. The number of sulfone groups is 1. The average molecular weight is 413 g/mol. The van der Waals surface area contributed by atoms with Gasteiger partial charge < -0.3 is 9.64 Å². The van der Waals surface area contributed by atoms with Gasteiger partial charge in [0.15, 0.2) is 9.84 Å². The number of ether oxygens (including phenoxy) is 1. The fraction of sp³-hybridized carbons (Fsp3) is 0.364. The molecule has 1 unspecified atom stereocenters. The Kier molecular flexibility index (Phi) is 6.89. The number of piperidine rings is 1. The lowest BCUT2D eigenvalue weighted by Crippen LogP contribution is -2.44. The van der Waals surface area contributed by atoms with Crippen LogP contribution in [-0.2, 0) is 20.4 Å². The molecule has 1 heterocycles. The van der Waals surface area contributed by atoms with E-state index in [1.165, 1.54) is 0 Å². The smallest absolute Gasteiger partial charge is 0.237 e. The molecule has 0 N–H and O–H groups in total. The molecule has 1 fully saturated rings. The van der Waals surface area contributed by atoms with Crippen LogP contribution in [0, 0.1) is 17.2 Å². The number of rotatable bonds is 7. The van der Waals surface area contributed by atoms with E-state index in [1.54, 1.807) is 29.2 Å². The van der Waals surface area contributed by atoms with Gasteiger partial charge in [-0.05, 0) is 42.7 Å². The van der Waals surface area contributed by atoms with Crippen molar-refractivity contribution >= 4 is 15.7 Å². The van der Waals surface area contributed by atoms with Crippen LogP contribution in [0.4, 0.5) is 0 Å². The third-order valence-electron chi connectivity index (χ3n) is 4.91. The maximum Gasteiger partial charge on any atom is 0.237 e. The summed E-state index contributed by atoms with van der Waals surface area (Å²) < 4.78 is 30.7. The summed E-state index contributed by atoms with van der Waals surface area (Å²) >= 11 is 0. The van der Waals surface area contributed by atoms with Crippen molar-refractivity contribution in [2.45, 2.75) is 18.6 Å². The van der Waals surface area contributed by atoms with Crippen LogP contribution >= 0.6 is 0 Å².